The molecular formula is C6H11N3O5. The number of aldehydes is 1. The Morgan fingerprint density at radius 3 is 2.29 bits per heavy atom. The number of aliphatic hydroxyl groups excluding tert-OH is 4. The number of nitrogens with zero attached hydrogens (tertiary/aromatic N) is 3. The van der Waals surface area contributed by atoms with Crippen molar-refractivity contribution < 1.29 is 25.2 Å². The van der Waals surface area contributed by atoms with E-state index in [1.807, 2.05) is 0 Å². The van der Waals surface area contributed by atoms with E-state index >= 15 is 0 Å². The van der Waals surface area contributed by atoms with Crippen LogP contribution in [-0.2, 0) is 4.79 Å². The molecular weight excluding hydrogens is 194 g/mol. The van der Waals surface area contributed by atoms with Gasteiger partial charge >= 0.3 is 0 Å². The zero-order valence-electron chi connectivity index (χ0n) is 7.13. The van der Waals surface area contributed by atoms with Crippen LogP contribution in [0.4, 0.5) is 0 Å². The minimum atomic E-state index is -1.75. The summed E-state index contributed by atoms with van der Waals surface area (Å²) < 4.78 is 0. The Hall–Kier alpha value is -1.18. The molecule has 0 aromatic heterocycles. The molecule has 0 radical (unpaired) electrons. The highest BCUT2D eigenvalue weighted by atomic mass is 16.4. The summed E-state index contributed by atoms with van der Waals surface area (Å²) in [4.78, 5) is 12.5. The SMILES string of the molecule is [N-]=[N+]=N[C@H](C=O)[C@H](O)[C@H](O)[C@@H](O)CO. The van der Waals surface area contributed by atoms with Crippen LogP contribution >= 0.6 is 0 Å². The third-order valence-corrected chi connectivity index (χ3v) is 1.61. The van der Waals surface area contributed by atoms with Crippen molar-refractivity contribution in [2.24, 2.45) is 5.11 Å². The van der Waals surface area contributed by atoms with Crippen molar-refractivity contribution in [3.05, 3.63) is 10.4 Å². The molecule has 0 aliphatic heterocycles. The fraction of sp³-hybridized carbons (Fsp3) is 0.833. The maximum atomic E-state index is 10.3. The molecule has 0 fully saturated rings. The molecule has 0 spiro atoms. The van der Waals surface area contributed by atoms with E-state index in [1.165, 1.54) is 0 Å². The third-order valence-electron chi connectivity index (χ3n) is 1.61. The van der Waals surface area contributed by atoms with Crippen LogP contribution in [0.1, 0.15) is 0 Å². The van der Waals surface area contributed by atoms with Crippen LogP contribution < -0.4 is 0 Å². The molecule has 0 amide bonds. The number of carbonyl (C=O) groups excluding carboxylic acids is 1. The highest BCUT2D eigenvalue weighted by Crippen LogP contribution is 2.06. The minimum Gasteiger partial charge on any atom is -0.394 e. The molecule has 4 N–H and O–H groups in total. The van der Waals surface area contributed by atoms with Gasteiger partial charge in [0, 0.05) is 4.91 Å². The summed E-state index contributed by atoms with van der Waals surface area (Å²) in [5.74, 6) is 0. The second kappa shape index (κ2) is 6.30. The molecule has 0 bridgehead atoms. The minimum absolute atomic E-state index is 0.137. The molecule has 8 nitrogen and oxygen atoms in total. The Balaban J connectivity index is 4.47. The topological polar surface area (TPSA) is 147 Å². The van der Waals surface area contributed by atoms with Gasteiger partial charge in [-0.25, -0.2) is 0 Å². The van der Waals surface area contributed by atoms with Crippen LogP contribution in [0, 0.1) is 0 Å². The van der Waals surface area contributed by atoms with Crippen LogP contribution in [0.15, 0.2) is 5.11 Å². The van der Waals surface area contributed by atoms with Gasteiger partial charge in [0.05, 0.1) is 12.7 Å². The number of hydrogen-bond acceptors (Lipinski definition) is 6. The van der Waals surface area contributed by atoms with E-state index < -0.39 is 31.0 Å². The average molecular weight is 205 g/mol. The highest BCUT2D eigenvalue weighted by molar-refractivity contribution is 5.59. The van der Waals surface area contributed by atoms with Gasteiger partial charge in [-0.1, -0.05) is 5.11 Å². The number of rotatable bonds is 6. The highest BCUT2D eigenvalue weighted by Gasteiger charge is 2.30. The Bertz CT molecular complexity index is 230. The van der Waals surface area contributed by atoms with E-state index in [1.54, 1.807) is 0 Å². The Labute approximate surface area is 79.0 Å². The molecule has 0 aromatic rings. The van der Waals surface area contributed by atoms with Crippen molar-refractivity contribution in [2.45, 2.75) is 24.4 Å². The molecule has 0 saturated carbocycles. The van der Waals surface area contributed by atoms with Crippen LogP contribution in [0.25, 0.3) is 10.4 Å². The monoisotopic (exact) mass is 205 g/mol. The zero-order valence-corrected chi connectivity index (χ0v) is 7.13. The van der Waals surface area contributed by atoms with E-state index in [9.17, 15) is 9.90 Å². The average Bonchev–Trinajstić information content (AvgIpc) is 2.22. The predicted molar refractivity (Wildman–Crippen MR) is 44.1 cm³/mol. The predicted octanol–water partition coefficient (Wildman–Crippen LogP) is -2.06. The maximum Gasteiger partial charge on any atom is 0.131 e. The van der Waals surface area contributed by atoms with E-state index in [-0.39, 0.29) is 6.29 Å². The zero-order chi connectivity index (χ0) is 11.1. The Kier molecular flexibility index (Phi) is 5.77. The van der Waals surface area contributed by atoms with Gasteiger partial charge in [0.1, 0.15) is 24.5 Å². The Morgan fingerprint density at radius 2 is 1.93 bits per heavy atom. The summed E-state index contributed by atoms with van der Waals surface area (Å²) in [7, 11) is 0. The van der Waals surface area contributed by atoms with Gasteiger partial charge in [0.2, 0.25) is 0 Å². The summed E-state index contributed by atoms with van der Waals surface area (Å²) in [6.45, 7) is -0.778. The molecule has 0 saturated heterocycles. The van der Waals surface area contributed by atoms with Crippen LogP contribution in [-0.4, -0.2) is 57.7 Å². The van der Waals surface area contributed by atoms with Crippen molar-refractivity contribution in [1.29, 1.82) is 0 Å². The first kappa shape index (κ1) is 12.8. The van der Waals surface area contributed by atoms with Gasteiger partial charge < -0.3 is 25.2 Å². The molecule has 14 heavy (non-hydrogen) atoms. The smallest absolute Gasteiger partial charge is 0.131 e. The molecule has 0 aliphatic carbocycles. The number of azide groups is 1. The molecule has 0 unspecified atom stereocenters. The van der Waals surface area contributed by atoms with E-state index in [4.69, 9.17) is 20.9 Å². The van der Waals surface area contributed by atoms with Crippen LogP contribution in [0.2, 0.25) is 0 Å². The summed E-state index contributed by atoms with van der Waals surface area (Å²) >= 11 is 0. The van der Waals surface area contributed by atoms with Crippen molar-refractivity contribution in [3.63, 3.8) is 0 Å². The van der Waals surface area contributed by atoms with Crippen molar-refractivity contribution in [1.82, 2.24) is 0 Å². The molecule has 4 atom stereocenters. The summed E-state index contributed by atoms with van der Waals surface area (Å²) in [5.41, 5.74) is 7.99. The Morgan fingerprint density at radius 1 is 1.36 bits per heavy atom. The van der Waals surface area contributed by atoms with Gasteiger partial charge in [0.25, 0.3) is 0 Å². The molecule has 0 aliphatic rings. The summed E-state index contributed by atoms with van der Waals surface area (Å²) in [5, 5.41) is 38.5. The van der Waals surface area contributed by atoms with E-state index in [2.05, 4.69) is 10.0 Å². The number of aliphatic hydroxyl groups is 4. The first-order valence-corrected chi connectivity index (χ1v) is 3.73. The van der Waals surface area contributed by atoms with E-state index in [0.29, 0.717) is 0 Å². The summed E-state index contributed by atoms with van der Waals surface area (Å²) in [6, 6.07) is -1.49. The molecule has 8 heteroatoms. The van der Waals surface area contributed by atoms with E-state index in [0.717, 1.165) is 0 Å². The van der Waals surface area contributed by atoms with Gasteiger partial charge in [-0.05, 0) is 5.53 Å². The second-order valence-corrected chi connectivity index (χ2v) is 2.56. The van der Waals surface area contributed by atoms with Gasteiger partial charge in [0.15, 0.2) is 0 Å². The summed E-state index contributed by atoms with van der Waals surface area (Å²) in [6.07, 6.45) is -4.95. The van der Waals surface area contributed by atoms with Crippen LogP contribution in [0.3, 0.4) is 0 Å². The van der Waals surface area contributed by atoms with Crippen molar-refractivity contribution >= 4 is 6.29 Å². The molecule has 0 rings (SSSR count). The van der Waals surface area contributed by atoms with Crippen LogP contribution in [0.5, 0.6) is 0 Å². The first-order chi connectivity index (χ1) is 6.58. The molecule has 0 heterocycles. The third kappa shape index (κ3) is 3.29. The molecule has 0 aromatic carbocycles. The van der Waals surface area contributed by atoms with Gasteiger partial charge in [-0.15, -0.1) is 0 Å². The normalized spacial score (nSPS) is 18.9. The fourth-order valence-corrected chi connectivity index (χ4v) is 0.773. The maximum absolute atomic E-state index is 10.3. The van der Waals surface area contributed by atoms with Gasteiger partial charge in [-0.3, -0.25) is 0 Å². The lowest BCUT2D eigenvalue weighted by Gasteiger charge is -2.22. The van der Waals surface area contributed by atoms with Crippen molar-refractivity contribution in [2.75, 3.05) is 6.61 Å². The number of hydrogen-bond donors (Lipinski definition) is 4. The lowest BCUT2D eigenvalue weighted by Crippen LogP contribution is -2.45. The standard InChI is InChI=1S/C6H11N3O5/c7-9-8-3(1-10)5(13)6(14)4(12)2-11/h1,3-6,11-14H,2H2/t3-,4+,5+,6-/m1/s1. The first-order valence-electron chi connectivity index (χ1n) is 3.73. The lowest BCUT2D eigenvalue weighted by molar-refractivity contribution is -0.118. The lowest BCUT2D eigenvalue weighted by atomic mass is 10.0. The van der Waals surface area contributed by atoms with Gasteiger partial charge in [-0.2, -0.15) is 0 Å². The number of carbonyl (C=O) groups is 1. The fourth-order valence-electron chi connectivity index (χ4n) is 0.773. The quantitative estimate of drug-likeness (QED) is 0.170. The molecule has 80 valence electrons. The largest absolute Gasteiger partial charge is 0.394 e. The second-order valence-electron chi connectivity index (χ2n) is 2.56. The van der Waals surface area contributed by atoms with Crippen molar-refractivity contribution in [3.8, 4) is 0 Å².